The Kier molecular flexibility index (Phi) is 10.5. The molecule has 24 bridgehead atoms. The summed E-state index contributed by atoms with van der Waals surface area (Å²) in [5, 5.41) is 48.1. The van der Waals surface area contributed by atoms with Crippen LogP contribution in [0.25, 0.3) is 101 Å². The third-order valence-corrected chi connectivity index (χ3v) is 15.1. The molecule has 6 N–H and O–H groups in total. The van der Waals surface area contributed by atoms with Gasteiger partial charge in [0.2, 0.25) is 0 Å². The third kappa shape index (κ3) is 7.61. The van der Waals surface area contributed by atoms with Crippen LogP contribution in [0.3, 0.4) is 0 Å². The molecule has 0 fully saturated rings. The minimum atomic E-state index is 0.0456. The minimum Gasteiger partial charge on any atom is -0.507 e. The summed E-state index contributed by atoms with van der Waals surface area (Å²) in [6, 6.07) is 61.0. The zero-order valence-corrected chi connectivity index (χ0v) is 42.3. The molecule has 6 aromatic heterocycles. The van der Waals surface area contributed by atoms with Crippen LogP contribution in [0.2, 0.25) is 0 Å². The van der Waals surface area contributed by atoms with Gasteiger partial charge in [-0.05, 0) is 157 Å². The molecule has 5 aromatic carbocycles. The van der Waals surface area contributed by atoms with Crippen LogP contribution in [-0.4, -0.2) is 61.8 Å². The predicted molar refractivity (Wildman–Crippen MR) is 313 cm³/mol. The molecule has 11 aromatic rings. The molecule has 4 aliphatic rings. The number of hydrogen-bond donors (Lipinski definition) is 6. The fourth-order valence-corrected chi connectivity index (χ4v) is 11.1. The van der Waals surface area contributed by atoms with Crippen molar-refractivity contribution in [2.75, 3.05) is 0 Å². The van der Waals surface area contributed by atoms with Gasteiger partial charge in [0.15, 0.2) is 0 Å². The van der Waals surface area contributed by atoms with Crippen molar-refractivity contribution in [2.24, 2.45) is 9.98 Å². The van der Waals surface area contributed by atoms with E-state index in [9.17, 15) is 20.4 Å². The quantitative estimate of drug-likeness (QED) is 0.0986. The average Bonchev–Trinajstić information content (AvgIpc) is 4.45. The smallest absolute Gasteiger partial charge is 0.134 e. The summed E-state index contributed by atoms with van der Waals surface area (Å²) < 4.78 is 0. The lowest BCUT2D eigenvalue weighted by atomic mass is 9.95. The lowest BCUT2D eigenvalue weighted by Crippen LogP contribution is -1.98. The Labute approximate surface area is 457 Å². The summed E-state index contributed by atoms with van der Waals surface area (Å²) in [4.78, 5) is 37.6. The second-order valence-electron chi connectivity index (χ2n) is 19.8. The summed E-state index contributed by atoms with van der Waals surface area (Å²) in [7, 11) is 0. The summed E-state index contributed by atoms with van der Waals surface area (Å²) in [5.74, 6) is 0.229. The molecule has 0 radical (unpaired) electrons. The van der Waals surface area contributed by atoms with Crippen LogP contribution in [0.1, 0.15) is 33.6 Å². The minimum absolute atomic E-state index is 0.0456. The number of phenolic OH excluding ortho intramolecular Hbond substituents is 4. The van der Waals surface area contributed by atoms with Gasteiger partial charge in [-0.3, -0.25) is 0 Å². The van der Waals surface area contributed by atoms with Crippen molar-refractivity contribution in [3.63, 3.8) is 0 Å². The van der Waals surface area contributed by atoms with Gasteiger partial charge in [-0.15, -0.1) is 0 Å². The second kappa shape index (κ2) is 18.2. The van der Waals surface area contributed by atoms with E-state index >= 15 is 0 Å². The summed E-state index contributed by atoms with van der Waals surface area (Å²) >= 11 is 0. The molecule has 0 amide bonds. The Hall–Kier alpha value is -11.2. The Balaban J connectivity index is 0.900. The monoisotopic (exact) mass is 1030 g/mol. The van der Waals surface area contributed by atoms with E-state index in [2.05, 4.69) is 9.97 Å². The maximum atomic E-state index is 12.0. The number of allylic oxidation sites excluding steroid dienone is 4. The third-order valence-electron chi connectivity index (χ3n) is 15.1. The molecule has 0 unspecified atom stereocenters. The van der Waals surface area contributed by atoms with Crippen molar-refractivity contribution in [3.05, 3.63) is 263 Å². The number of benzene rings is 5. The topological polar surface area (TPSA) is 189 Å². The molecule has 0 atom stereocenters. The summed E-state index contributed by atoms with van der Waals surface area (Å²) in [6.07, 6.45) is 7.71. The van der Waals surface area contributed by atoms with Gasteiger partial charge in [0.1, 0.15) is 23.0 Å². The molecule has 0 spiro atoms. The number of para-hydroxylation sites is 4. The normalized spacial score (nSPS) is 15.4. The first-order valence-corrected chi connectivity index (χ1v) is 26.0. The van der Waals surface area contributed by atoms with Gasteiger partial charge in [-0.25, -0.2) is 29.9 Å². The van der Waals surface area contributed by atoms with Crippen LogP contribution in [0.5, 0.6) is 23.0 Å². The van der Waals surface area contributed by atoms with Gasteiger partial charge in [0.05, 0.1) is 68.4 Å². The summed E-state index contributed by atoms with van der Waals surface area (Å²) in [6.45, 7) is 0. The molecular weight excluding hydrogens is 993 g/mol. The SMILES string of the molecule is Oc1c2cccc1-c1cccc(n1)-c1cccc(n1)-c1cccc(c1O)-c1ccc([nH]1)/C(c1ccc(/C3=C4\C=CC(=N4)c4cccc(c4O)-c4cccc(n4)-c4cccc(n4)-c4cccc(c4O)-c4ccc3[nH]4)cc1)=C1/C=CC2=N1. The highest BCUT2D eigenvalue weighted by molar-refractivity contribution is 6.16. The number of aliphatic imine (C=N–C) groups is 2. The van der Waals surface area contributed by atoms with Crippen molar-refractivity contribution < 1.29 is 20.4 Å². The van der Waals surface area contributed by atoms with E-state index in [1.54, 1.807) is 0 Å². The maximum absolute atomic E-state index is 12.0. The molecule has 4 aliphatic heterocycles. The van der Waals surface area contributed by atoms with E-state index < -0.39 is 0 Å². The van der Waals surface area contributed by atoms with Crippen LogP contribution < -0.4 is 0 Å². The zero-order chi connectivity index (χ0) is 53.6. The van der Waals surface area contributed by atoms with Gasteiger partial charge in [0.25, 0.3) is 0 Å². The molecule has 15 rings (SSSR count). The molecule has 0 saturated carbocycles. The standard InChI is InChI=1S/C68H42N8O4/c77-65-39-9-1-13-43(65)51-29-33-59(73-51)63(60-34-30-52(74-60)44-14-2-10-40(66(44)78)48-18-6-22-56(70-48)55-21-5-17-47(39)69-55)37-25-27-38(28-26-37)64-61-35-31-53(75-61)45-15-3-11-41(67(45)79)49-19-7-23-57(71-49)58-24-8-20-50(72-58)42-12-4-16-46(68(42)80)54-32-36-62(64)76-54/h1-36,73,75,77-80H/b63-60-,64-62-. The molecule has 378 valence electrons. The largest absolute Gasteiger partial charge is 0.507 e. The highest BCUT2D eigenvalue weighted by Gasteiger charge is 2.26. The second-order valence-corrected chi connectivity index (χ2v) is 19.8. The Morgan fingerprint density at radius 3 is 0.875 bits per heavy atom. The number of rotatable bonds is 2. The molecular formula is C68H42N8O4. The number of nitrogens with zero attached hydrogens (tertiary/aromatic N) is 6. The number of aromatic hydroxyl groups is 4. The average molecular weight is 1040 g/mol. The Bertz CT molecular complexity index is 4350. The van der Waals surface area contributed by atoms with Gasteiger partial charge < -0.3 is 30.4 Å². The highest BCUT2D eigenvalue weighted by Crippen LogP contribution is 2.44. The fraction of sp³-hybridized carbons (Fsp3) is 0. The number of phenols is 4. The van der Waals surface area contributed by atoms with Crippen molar-refractivity contribution in [1.29, 1.82) is 0 Å². The number of aromatic nitrogens is 6. The highest BCUT2D eigenvalue weighted by atomic mass is 16.3. The van der Waals surface area contributed by atoms with Gasteiger partial charge in [-0.1, -0.05) is 72.8 Å². The first-order valence-electron chi connectivity index (χ1n) is 26.0. The maximum Gasteiger partial charge on any atom is 0.134 e. The van der Waals surface area contributed by atoms with E-state index in [1.807, 2.05) is 218 Å². The first-order chi connectivity index (χ1) is 39.3. The van der Waals surface area contributed by atoms with Crippen LogP contribution in [0.4, 0.5) is 0 Å². The van der Waals surface area contributed by atoms with Crippen molar-refractivity contribution in [2.45, 2.75) is 0 Å². The lowest BCUT2D eigenvalue weighted by Gasteiger charge is -2.13. The van der Waals surface area contributed by atoms with Gasteiger partial charge in [0, 0.05) is 78.4 Å². The number of H-pyrrole nitrogens is 2. The molecule has 10 heterocycles. The van der Waals surface area contributed by atoms with E-state index in [0.717, 1.165) is 33.7 Å². The van der Waals surface area contributed by atoms with Crippen LogP contribution in [-0.2, 0) is 0 Å². The van der Waals surface area contributed by atoms with Crippen LogP contribution >= 0.6 is 0 Å². The molecule has 12 heteroatoms. The van der Waals surface area contributed by atoms with Crippen LogP contribution in [0, 0.1) is 0 Å². The van der Waals surface area contributed by atoms with Crippen molar-refractivity contribution in [1.82, 2.24) is 29.9 Å². The Morgan fingerprint density at radius 2 is 0.525 bits per heavy atom. The number of hydrogen-bond acceptors (Lipinski definition) is 10. The number of nitrogens with one attached hydrogen (secondary N) is 2. The van der Waals surface area contributed by atoms with Crippen molar-refractivity contribution >= 4 is 22.6 Å². The first kappa shape index (κ1) is 46.1. The zero-order valence-electron chi connectivity index (χ0n) is 42.3. The van der Waals surface area contributed by atoms with Gasteiger partial charge in [-0.2, -0.15) is 0 Å². The van der Waals surface area contributed by atoms with E-state index in [1.165, 1.54) is 0 Å². The molecule has 80 heavy (non-hydrogen) atoms. The fourth-order valence-electron chi connectivity index (χ4n) is 11.1. The van der Waals surface area contributed by atoms with E-state index in [0.29, 0.717) is 124 Å². The summed E-state index contributed by atoms with van der Waals surface area (Å²) in [5.41, 5.74) is 17.7. The number of fused-ring (bicyclic) bond motifs is 32. The number of aromatic amines is 2. The van der Waals surface area contributed by atoms with E-state index in [4.69, 9.17) is 29.9 Å². The van der Waals surface area contributed by atoms with Crippen LogP contribution in [0.15, 0.2) is 240 Å². The van der Waals surface area contributed by atoms with Crippen molar-refractivity contribution in [3.8, 4) is 113 Å². The molecule has 12 nitrogen and oxygen atoms in total. The lowest BCUT2D eigenvalue weighted by molar-refractivity contribution is 0.475. The van der Waals surface area contributed by atoms with Gasteiger partial charge >= 0.3 is 0 Å². The molecule has 0 aliphatic carbocycles. The van der Waals surface area contributed by atoms with E-state index in [-0.39, 0.29) is 23.0 Å². The molecule has 0 saturated heterocycles. The predicted octanol–water partition coefficient (Wildman–Crippen LogP) is 14.3. The number of pyridine rings is 4. The Morgan fingerprint density at radius 1 is 0.250 bits per heavy atom.